The van der Waals surface area contributed by atoms with Crippen LogP contribution in [0, 0.1) is 11.3 Å². The summed E-state index contributed by atoms with van der Waals surface area (Å²) in [4.78, 5) is 32.3. The quantitative estimate of drug-likeness (QED) is 0.477. The zero-order valence-corrected chi connectivity index (χ0v) is 9.12. The van der Waals surface area contributed by atoms with Crippen molar-refractivity contribution in [2.24, 2.45) is 5.73 Å². The van der Waals surface area contributed by atoms with Crippen LogP contribution in [-0.4, -0.2) is 40.4 Å². The van der Waals surface area contributed by atoms with Crippen LogP contribution in [0.15, 0.2) is 0 Å². The Morgan fingerprint density at radius 2 is 2.12 bits per heavy atom. The predicted molar refractivity (Wildman–Crippen MR) is 56.3 cm³/mol. The maximum atomic E-state index is 11.2. The number of nitrogens with one attached hydrogen (secondary N) is 1. The van der Waals surface area contributed by atoms with E-state index in [4.69, 9.17) is 16.1 Å². The van der Waals surface area contributed by atoms with Gasteiger partial charge in [0.15, 0.2) is 0 Å². The van der Waals surface area contributed by atoms with E-state index in [0.29, 0.717) is 0 Å². The molecular formula is C8H11N3O4S. The van der Waals surface area contributed by atoms with E-state index in [2.05, 4.69) is 5.32 Å². The van der Waals surface area contributed by atoms with E-state index < -0.39 is 30.2 Å². The molecule has 0 aliphatic heterocycles. The average molecular weight is 245 g/mol. The second-order valence-corrected chi connectivity index (χ2v) is 3.77. The molecule has 0 aromatic carbocycles. The van der Waals surface area contributed by atoms with Gasteiger partial charge in [-0.1, -0.05) is 0 Å². The Morgan fingerprint density at radius 3 is 2.56 bits per heavy atom. The first-order valence-corrected chi connectivity index (χ1v) is 5.38. The lowest BCUT2D eigenvalue weighted by molar-refractivity contribution is -0.143. The highest BCUT2D eigenvalue weighted by Gasteiger charge is 2.21. The Labute approximate surface area is 96.0 Å². The topological polar surface area (TPSA) is 133 Å². The van der Waals surface area contributed by atoms with Crippen LogP contribution in [-0.2, 0) is 14.4 Å². The van der Waals surface area contributed by atoms with Crippen LogP contribution < -0.4 is 11.1 Å². The molecule has 0 rings (SSSR count). The number of aliphatic carboxylic acids is 1. The normalized spacial score (nSPS) is 11.2. The van der Waals surface area contributed by atoms with Gasteiger partial charge in [0.2, 0.25) is 11.8 Å². The molecule has 0 spiro atoms. The third kappa shape index (κ3) is 6.67. The van der Waals surface area contributed by atoms with Crippen LogP contribution in [0.1, 0.15) is 6.42 Å². The fraction of sp³-hybridized carbons (Fsp3) is 0.500. The highest BCUT2D eigenvalue weighted by atomic mass is 32.2. The Morgan fingerprint density at radius 1 is 1.50 bits per heavy atom. The summed E-state index contributed by atoms with van der Waals surface area (Å²) >= 11 is 1.05. The number of nitrogens with zero attached hydrogens (tertiary/aromatic N) is 1. The maximum Gasteiger partial charge on any atom is 0.326 e. The average Bonchev–Trinajstić information content (AvgIpc) is 2.16. The number of carboxylic acids is 1. The fourth-order valence-electron chi connectivity index (χ4n) is 0.827. The van der Waals surface area contributed by atoms with Gasteiger partial charge < -0.3 is 16.2 Å². The third-order valence-corrected chi connectivity index (χ3v) is 2.24. The number of thioether (sulfide) groups is 1. The van der Waals surface area contributed by atoms with Crippen LogP contribution in [0.25, 0.3) is 0 Å². The first-order chi connectivity index (χ1) is 7.47. The van der Waals surface area contributed by atoms with Gasteiger partial charge in [-0.15, -0.1) is 11.8 Å². The molecule has 0 heterocycles. The molecule has 88 valence electrons. The van der Waals surface area contributed by atoms with Gasteiger partial charge in [0.05, 0.1) is 24.0 Å². The molecule has 1 atom stereocenters. The van der Waals surface area contributed by atoms with E-state index in [1.807, 2.05) is 6.07 Å². The van der Waals surface area contributed by atoms with E-state index in [1.54, 1.807) is 0 Å². The van der Waals surface area contributed by atoms with Crippen molar-refractivity contribution in [3.05, 3.63) is 0 Å². The standard InChI is InChI=1S/C8H11N3O4S/c9-1-2-16-4-7(13)11-5(8(14)15)3-6(10)12/h5H,2-4H2,(H2,10,12)(H,11,13)(H,14,15). The third-order valence-electron chi connectivity index (χ3n) is 1.44. The molecule has 0 bridgehead atoms. The van der Waals surface area contributed by atoms with Crippen LogP contribution in [0.5, 0.6) is 0 Å². The van der Waals surface area contributed by atoms with Gasteiger partial charge in [0, 0.05) is 0 Å². The summed E-state index contributed by atoms with van der Waals surface area (Å²) in [6.45, 7) is 0. The van der Waals surface area contributed by atoms with Crippen molar-refractivity contribution in [1.82, 2.24) is 5.32 Å². The molecule has 0 aromatic heterocycles. The Kier molecular flexibility index (Phi) is 6.71. The first-order valence-electron chi connectivity index (χ1n) is 4.22. The molecule has 2 amide bonds. The van der Waals surface area contributed by atoms with Gasteiger partial charge in [-0.2, -0.15) is 5.26 Å². The monoisotopic (exact) mass is 245 g/mol. The van der Waals surface area contributed by atoms with Crippen molar-refractivity contribution < 1.29 is 19.5 Å². The first kappa shape index (κ1) is 14.2. The molecule has 0 saturated carbocycles. The van der Waals surface area contributed by atoms with Crippen molar-refractivity contribution >= 4 is 29.5 Å². The lowest BCUT2D eigenvalue weighted by Gasteiger charge is -2.11. The van der Waals surface area contributed by atoms with Crippen molar-refractivity contribution in [2.45, 2.75) is 12.5 Å². The highest BCUT2D eigenvalue weighted by molar-refractivity contribution is 8.00. The van der Waals surface area contributed by atoms with Crippen LogP contribution in [0.3, 0.4) is 0 Å². The molecule has 0 saturated heterocycles. The molecule has 0 aliphatic rings. The molecule has 0 aliphatic carbocycles. The summed E-state index contributed by atoms with van der Waals surface area (Å²) in [6.07, 6.45) is -0.454. The summed E-state index contributed by atoms with van der Waals surface area (Å²) in [5.41, 5.74) is 4.83. The Balaban J connectivity index is 4.09. The van der Waals surface area contributed by atoms with Crippen LogP contribution in [0.2, 0.25) is 0 Å². The predicted octanol–water partition coefficient (Wildman–Crippen LogP) is -1.31. The van der Waals surface area contributed by atoms with Crippen LogP contribution in [0.4, 0.5) is 0 Å². The summed E-state index contributed by atoms with van der Waals surface area (Å²) < 4.78 is 0. The number of rotatable bonds is 7. The Bertz CT molecular complexity index is 326. The second kappa shape index (κ2) is 7.53. The second-order valence-electron chi connectivity index (χ2n) is 2.78. The molecule has 0 radical (unpaired) electrons. The minimum atomic E-state index is -1.32. The number of nitrogens with two attached hydrogens (primary N) is 1. The smallest absolute Gasteiger partial charge is 0.326 e. The lowest BCUT2D eigenvalue weighted by Crippen LogP contribution is -2.44. The summed E-state index contributed by atoms with van der Waals surface area (Å²) in [7, 11) is 0. The van der Waals surface area contributed by atoms with Crippen molar-refractivity contribution in [2.75, 3.05) is 11.5 Å². The van der Waals surface area contributed by atoms with E-state index in [-0.39, 0.29) is 11.5 Å². The van der Waals surface area contributed by atoms with Crippen molar-refractivity contribution in [3.8, 4) is 6.07 Å². The number of amides is 2. The molecular weight excluding hydrogens is 234 g/mol. The summed E-state index contributed by atoms with van der Waals surface area (Å²) in [5.74, 6) is -2.57. The number of carbonyl (C=O) groups excluding carboxylic acids is 2. The number of carbonyl (C=O) groups is 3. The highest BCUT2D eigenvalue weighted by Crippen LogP contribution is 1.99. The lowest BCUT2D eigenvalue weighted by atomic mass is 10.2. The molecule has 1 unspecified atom stereocenters. The van der Waals surface area contributed by atoms with E-state index in [1.165, 1.54) is 0 Å². The number of nitriles is 1. The minimum Gasteiger partial charge on any atom is -0.480 e. The molecule has 16 heavy (non-hydrogen) atoms. The van der Waals surface area contributed by atoms with E-state index in [9.17, 15) is 14.4 Å². The fourth-order valence-corrected chi connectivity index (χ4v) is 1.29. The zero-order chi connectivity index (χ0) is 12.6. The van der Waals surface area contributed by atoms with Crippen molar-refractivity contribution in [3.63, 3.8) is 0 Å². The summed E-state index contributed by atoms with van der Waals surface area (Å²) in [6, 6.07) is 0.512. The van der Waals surface area contributed by atoms with Crippen LogP contribution >= 0.6 is 11.8 Å². The maximum absolute atomic E-state index is 11.2. The summed E-state index contributed by atoms with van der Waals surface area (Å²) in [5, 5.41) is 19.0. The van der Waals surface area contributed by atoms with Gasteiger partial charge in [-0.3, -0.25) is 9.59 Å². The van der Waals surface area contributed by atoms with Gasteiger partial charge in [0.1, 0.15) is 6.04 Å². The van der Waals surface area contributed by atoms with Gasteiger partial charge in [0.25, 0.3) is 0 Å². The zero-order valence-electron chi connectivity index (χ0n) is 8.30. The molecule has 4 N–H and O–H groups in total. The SMILES string of the molecule is N#CCSCC(=O)NC(CC(N)=O)C(=O)O. The van der Waals surface area contributed by atoms with Gasteiger partial charge in [-0.25, -0.2) is 4.79 Å². The number of hydrogen-bond acceptors (Lipinski definition) is 5. The molecule has 8 heteroatoms. The minimum absolute atomic E-state index is 0.0316. The largest absolute Gasteiger partial charge is 0.480 e. The molecule has 0 aromatic rings. The van der Waals surface area contributed by atoms with Gasteiger partial charge in [-0.05, 0) is 0 Å². The van der Waals surface area contributed by atoms with E-state index >= 15 is 0 Å². The molecule has 7 nitrogen and oxygen atoms in total. The Hall–Kier alpha value is -1.75. The van der Waals surface area contributed by atoms with Crippen molar-refractivity contribution in [1.29, 1.82) is 5.26 Å². The molecule has 0 fully saturated rings. The van der Waals surface area contributed by atoms with E-state index in [0.717, 1.165) is 11.8 Å². The number of hydrogen-bond donors (Lipinski definition) is 3. The number of carboxylic acid groups (broad SMARTS) is 1. The number of primary amides is 1. The van der Waals surface area contributed by atoms with Gasteiger partial charge >= 0.3 is 5.97 Å².